The van der Waals surface area contributed by atoms with Gasteiger partial charge in [0.05, 0.1) is 19.6 Å². The van der Waals surface area contributed by atoms with Crippen LogP contribution in [0.25, 0.3) is 11.0 Å². The first-order valence-corrected chi connectivity index (χ1v) is 7.43. The van der Waals surface area contributed by atoms with Gasteiger partial charge < -0.3 is 13.9 Å². The summed E-state index contributed by atoms with van der Waals surface area (Å²) in [5, 5.41) is 0.537. The molecule has 0 radical (unpaired) electrons. The van der Waals surface area contributed by atoms with Crippen LogP contribution in [0.5, 0.6) is 11.5 Å². The molecule has 3 rings (SSSR count). The van der Waals surface area contributed by atoms with Crippen molar-refractivity contribution in [2.75, 3.05) is 14.2 Å². The first-order chi connectivity index (χ1) is 11.2. The van der Waals surface area contributed by atoms with Crippen molar-refractivity contribution >= 4 is 11.0 Å². The molecule has 1 aromatic heterocycles. The largest absolute Gasteiger partial charge is 0.497 e. The highest BCUT2D eigenvalue weighted by atomic mass is 16.5. The zero-order valence-corrected chi connectivity index (χ0v) is 13.2. The third kappa shape index (κ3) is 3.37. The van der Waals surface area contributed by atoms with Gasteiger partial charge >= 0.3 is 0 Å². The maximum absolute atomic E-state index is 12.2. The van der Waals surface area contributed by atoms with E-state index in [0.717, 1.165) is 17.7 Å². The quantitative estimate of drug-likeness (QED) is 0.722. The summed E-state index contributed by atoms with van der Waals surface area (Å²) >= 11 is 0. The minimum atomic E-state index is -0.0502. The second kappa shape index (κ2) is 6.57. The molecule has 0 fully saturated rings. The van der Waals surface area contributed by atoms with Crippen LogP contribution in [0.3, 0.4) is 0 Å². The first-order valence-electron chi connectivity index (χ1n) is 7.43. The normalized spacial score (nSPS) is 10.7. The standard InChI is InChI=1S/C19H18O4/c1-21-14-5-3-4-13(10-14)6-7-16-12-18(20)17-11-15(22-2)8-9-19(17)23-16/h3-5,8-12H,6-7H2,1-2H3. The van der Waals surface area contributed by atoms with Gasteiger partial charge in [-0.25, -0.2) is 0 Å². The highest BCUT2D eigenvalue weighted by molar-refractivity contribution is 5.78. The first kappa shape index (κ1) is 15.2. The maximum Gasteiger partial charge on any atom is 0.193 e. The molecule has 4 nitrogen and oxygen atoms in total. The minimum Gasteiger partial charge on any atom is -0.497 e. The number of fused-ring (bicyclic) bond motifs is 1. The van der Waals surface area contributed by atoms with Crippen LogP contribution in [0.4, 0.5) is 0 Å². The molecule has 4 heteroatoms. The van der Waals surface area contributed by atoms with Crippen molar-refractivity contribution in [2.45, 2.75) is 12.8 Å². The topological polar surface area (TPSA) is 48.7 Å². The van der Waals surface area contributed by atoms with Crippen molar-refractivity contribution in [3.05, 3.63) is 70.1 Å². The molecule has 1 heterocycles. The predicted molar refractivity (Wildman–Crippen MR) is 89.4 cm³/mol. The third-order valence-electron chi connectivity index (χ3n) is 3.78. The molecule has 0 aliphatic rings. The Morgan fingerprint density at radius 2 is 1.70 bits per heavy atom. The molecule has 0 bridgehead atoms. The lowest BCUT2D eigenvalue weighted by Crippen LogP contribution is -2.03. The summed E-state index contributed by atoms with van der Waals surface area (Å²) < 4.78 is 16.2. The zero-order valence-electron chi connectivity index (χ0n) is 13.2. The summed E-state index contributed by atoms with van der Waals surface area (Å²) in [6.07, 6.45) is 1.44. The Labute approximate surface area is 134 Å². The van der Waals surface area contributed by atoms with Crippen LogP contribution in [0.1, 0.15) is 11.3 Å². The molecule has 0 saturated heterocycles. The van der Waals surface area contributed by atoms with Gasteiger partial charge in [-0.05, 0) is 42.3 Å². The Kier molecular flexibility index (Phi) is 4.33. The van der Waals surface area contributed by atoms with Crippen molar-refractivity contribution in [3.63, 3.8) is 0 Å². The molecule has 0 atom stereocenters. The predicted octanol–water partition coefficient (Wildman–Crippen LogP) is 3.60. The van der Waals surface area contributed by atoms with Crippen LogP contribution in [-0.2, 0) is 12.8 Å². The second-order valence-corrected chi connectivity index (χ2v) is 5.29. The molecular weight excluding hydrogens is 292 g/mol. The zero-order chi connectivity index (χ0) is 16.2. The highest BCUT2D eigenvalue weighted by Crippen LogP contribution is 2.20. The summed E-state index contributed by atoms with van der Waals surface area (Å²) in [7, 11) is 3.22. The van der Waals surface area contributed by atoms with E-state index in [2.05, 4.69) is 0 Å². The van der Waals surface area contributed by atoms with E-state index in [1.807, 2.05) is 24.3 Å². The Balaban J connectivity index is 1.84. The molecule has 0 saturated carbocycles. The van der Waals surface area contributed by atoms with Gasteiger partial charge in [0.2, 0.25) is 0 Å². The molecule has 0 unspecified atom stereocenters. The summed E-state index contributed by atoms with van der Waals surface area (Å²) in [4.78, 5) is 12.2. The Bertz CT molecular complexity index is 880. The Hall–Kier alpha value is -2.75. The molecule has 0 spiro atoms. The van der Waals surface area contributed by atoms with Crippen molar-refractivity contribution in [3.8, 4) is 11.5 Å². The number of ether oxygens (including phenoxy) is 2. The average Bonchev–Trinajstić information content (AvgIpc) is 2.60. The van der Waals surface area contributed by atoms with E-state index < -0.39 is 0 Å². The lowest BCUT2D eigenvalue weighted by Gasteiger charge is -2.06. The molecule has 0 aliphatic carbocycles. The van der Waals surface area contributed by atoms with Gasteiger partial charge in [-0.3, -0.25) is 4.79 Å². The van der Waals surface area contributed by atoms with E-state index in [1.165, 1.54) is 0 Å². The van der Waals surface area contributed by atoms with Crippen molar-refractivity contribution < 1.29 is 13.9 Å². The van der Waals surface area contributed by atoms with Gasteiger partial charge in [-0.1, -0.05) is 12.1 Å². The Morgan fingerprint density at radius 3 is 2.48 bits per heavy atom. The fraction of sp³-hybridized carbons (Fsp3) is 0.211. The van der Waals surface area contributed by atoms with Crippen LogP contribution < -0.4 is 14.9 Å². The van der Waals surface area contributed by atoms with Gasteiger partial charge in [-0.2, -0.15) is 0 Å². The maximum atomic E-state index is 12.2. The van der Waals surface area contributed by atoms with Gasteiger partial charge in [0.1, 0.15) is 22.8 Å². The van der Waals surface area contributed by atoms with Crippen LogP contribution in [0.2, 0.25) is 0 Å². The monoisotopic (exact) mass is 310 g/mol. The molecule has 3 aromatic rings. The summed E-state index contributed by atoms with van der Waals surface area (Å²) in [5.41, 5.74) is 1.67. The van der Waals surface area contributed by atoms with Crippen LogP contribution >= 0.6 is 0 Å². The molecule has 2 aromatic carbocycles. The summed E-state index contributed by atoms with van der Waals surface area (Å²) in [6, 6.07) is 14.7. The van der Waals surface area contributed by atoms with Gasteiger partial charge in [-0.15, -0.1) is 0 Å². The van der Waals surface area contributed by atoms with E-state index in [1.54, 1.807) is 38.5 Å². The number of benzene rings is 2. The van der Waals surface area contributed by atoms with E-state index >= 15 is 0 Å². The van der Waals surface area contributed by atoms with Crippen LogP contribution in [0, 0.1) is 0 Å². The smallest absolute Gasteiger partial charge is 0.193 e. The van der Waals surface area contributed by atoms with Gasteiger partial charge in [0, 0.05) is 12.5 Å². The van der Waals surface area contributed by atoms with Crippen molar-refractivity contribution in [2.24, 2.45) is 0 Å². The molecule has 0 aliphatic heterocycles. The number of hydrogen-bond acceptors (Lipinski definition) is 4. The highest BCUT2D eigenvalue weighted by Gasteiger charge is 2.07. The Morgan fingerprint density at radius 1 is 0.913 bits per heavy atom. The second-order valence-electron chi connectivity index (χ2n) is 5.29. The SMILES string of the molecule is COc1cccc(CCc2cc(=O)c3cc(OC)ccc3o2)c1. The number of aryl methyl sites for hydroxylation is 2. The summed E-state index contributed by atoms with van der Waals surface area (Å²) in [6.45, 7) is 0. The average molecular weight is 310 g/mol. The lowest BCUT2D eigenvalue weighted by atomic mass is 10.1. The van der Waals surface area contributed by atoms with Crippen LogP contribution in [0.15, 0.2) is 57.7 Å². The summed E-state index contributed by atoms with van der Waals surface area (Å²) in [5.74, 6) is 2.15. The molecule has 118 valence electrons. The minimum absolute atomic E-state index is 0.0502. The van der Waals surface area contributed by atoms with Crippen molar-refractivity contribution in [1.29, 1.82) is 0 Å². The van der Waals surface area contributed by atoms with Crippen molar-refractivity contribution in [1.82, 2.24) is 0 Å². The van der Waals surface area contributed by atoms with E-state index in [0.29, 0.717) is 28.9 Å². The number of hydrogen-bond donors (Lipinski definition) is 0. The number of rotatable bonds is 5. The molecule has 23 heavy (non-hydrogen) atoms. The fourth-order valence-corrected chi connectivity index (χ4v) is 2.53. The van der Waals surface area contributed by atoms with E-state index in [-0.39, 0.29) is 5.43 Å². The molecule has 0 N–H and O–H groups in total. The lowest BCUT2D eigenvalue weighted by molar-refractivity contribution is 0.414. The van der Waals surface area contributed by atoms with E-state index in [9.17, 15) is 4.79 Å². The van der Waals surface area contributed by atoms with E-state index in [4.69, 9.17) is 13.9 Å². The van der Waals surface area contributed by atoms with Gasteiger partial charge in [0.15, 0.2) is 5.43 Å². The molecule has 0 amide bonds. The fourth-order valence-electron chi connectivity index (χ4n) is 2.53. The van der Waals surface area contributed by atoms with Gasteiger partial charge in [0.25, 0.3) is 0 Å². The number of methoxy groups -OCH3 is 2. The van der Waals surface area contributed by atoms with Crippen LogP contribution in [-0.4, -0.2) is 14.2 Å². The third-order valence-corrected chi connectivity index (χ3v) is 3.78. The molecular formula is C19H18O4.